The molecule has 2 aliphatic carbocycles. The Morgan fingerprint density at radius 3 is 1.13 bits per heavy atom. The van der Waals surface area contributed by atoms with E-state index in [1.807, 2.05) is 12.1 Å². The third-order valence-electron chi connectivity index (χ3n) is 4.53. The number of rotatable bonds is 0. The molecule has 0 aliphatic heterocycles. The van der Waals surface area contributed by atoms with Gasteiger partial charge < -0.3 is 0 Å². The molecule has 2 aromatic rings. The minimum absolute atomic E-state index is 0.944. The molecule has 23 heavy (non-hydrogen) atoms. The van der Waals surface area contributed by atoms with E-state index in [0.717, 1.165) is 19.3 Å². The van der Waals surface area contributed by atoms with Crippen molar-refractivity contribution >= 4 is 22.3 Å². The molecule has 0 nitrogen and oxygen atoms in total. The molecule has 0 aromatic heterocycles. The Morgan fingerprint density at radius 2 is 0.783 bits per heavy atom. The molecule has 0 fully saturated rings. The van der Waals surface area contributed by atoms with Gasteiger partial charge in [-0.1, -0.05) is 74.8 Å². The zero-order chi connectivity index (χ0) is 16.4. The van der Waals surface area contributed by atoms with E-state index >= 15 is 0 Å². The highest BCUT2D eigenvalue weighted by atomic mass is 14.2. The fourth-order valence-corrected chi connectivity index (χ4v) is 3.22. The summed E-state index contributed by atoms with van der Waals surface area (Å²) in [4.78, 5) is 0. The molecule has 114 valence electrons. The summed E-state index contributed by atoms with van der Waals surface area (Å²) in [7, 11) is 0. The maximum Gasteiger partial charge on any atom is -0.00252 e. The SMILES string of the molecule is C=C1CC(=C)c2ccccc21.C=C1CCC(=C)c2ccccc21. The average molecular weight is 298 g/mol. The molecule has 0 atom stereocenters. The summed E-state index contributed by atoms with van der Waals surface area (Å²) in [6.07, 6.45) is 3.07. The normalized spacial score (nSPS) is 15.7. The van der Waals surface area contributed by atoms with E-state index in [2.05, 4.69) is 62.7 Å². The van der Waals surface area contributed by atoms with E-state index in [1.54, 1.807) is 0 Å². The highest BCUT2D eigenvalue weighted by Crippen LogP contribution is 2.37. The third-order valence-corrected chi connectivity index (χ3v) is 4.53. The van der Waals surface area contributed by atoms with Crippen molar-refractivity contribution in [3.05, 3.63) is 97.1 Å². The van der Waals surface area contributed by atoms with Gasteiger partial charge in [0.2, 0.25) is 0 Å². The minimum Gasteiger partial charge on any atom is -0.0952 e. The molecule has 2 aromatic carbocycles. The van der Waals surface area contributed by atoms with Crippen LogP contribution in [0.1, 0.15) is 41.5 Å². The molecule has 0 heterocycles. The van der Waals surface area contributed by atoms with Gasteiger partial charge in [-0.15, -0.1) is 0 Å². The van der Waals surface area contributed by atoms with E-state index in [-0.39, 0.29) is 0 Å². The predicted octanol–water partition coefficient (Wildman–Crippen LogP) is 6.62. The lowest BCUT2D eigenvalue weighted by molar-refractivity contribution is 1.06. The van der Waals surface area contributed by atoms with Crippen LogP contribution >= 0.6 is 0 Å². The van der Waals surface area contributed by atoms with Crippen LogP contribution in [0.25, 0.3) is 22.3 Å². The van der Waals surface area contributed by atoms with Gasteiger partial charge >= 0.3 is 0 Å². The van der Waals surface area contributed by atoms with Crippen molar-refractivity contribution < 1.29 is 0 Å². The number of allylic oxidation sites excluding steroid dienone is 4. The summed E-state index contributed by atoms with van der Waals surface area (Å²) < 4.78 is 0. The summed E-state index contributed by atoms with van der Waals surface area (Å²) in [5.74, 6) is 0. The first-order valence-corrected chi connectivity index (χ1v) is 7.98. The Kier molecular flexibility index (Phi) is 4.16. The van der Waals surface area contributed by atoms with Crippen molar-refractivity contribution in [3.63, 3.8) is 0 Å². The second kappa shape index (κ2) is 6.26. The van der Waals surface area contributed by atoms with Crippen LogP contribution in [-0.4, -0.2) is 0 Å². The van der Waals surface area contributed by atoms with Gasteiger partial charge in [0, 0.05) is 0 Å². The molecule has 0 spiro atoms. The molecule has 0 amide bonds. The molecular formula is C23H22. The highest BCUT2D eigenvalue weighted by Gasteiger charge is 2.16. The monoisotopic (exact) mass is 298 g/mol. The summed E-state index contributed by atoms with van der Waals surface area (Å²) in [6.45, 7) is 16.1. The Labute approximate surface area is 139 Å². The van der Waals surface area contributed by atoms with Gasteiger partial charge in [-0.3, -0.25) is 0 Å². The lowest BCUT2D eigenvalue weighted by atomic mass is 9.85. The number of fused-ring (bicyclic) bond motifs is 2. The van der Waals surface area contributed by atoms with Crippen molar-refractivity contribution in [3.8, 4) is 0 Å². The molecule has 0 saturated heterocycles. The van der Waals surface area contributed by atoms with Crippen LogP contribution in [0.2, 0.25) is 0 Å². The van der Waals surface area contributed by atoms with Crippen LogP contribution in [0.15, 0.2) is 74.8 Å². The third kappa shape index (κ3) is 2.98. The van der Waals surface area contributed by atoms with Crippen LogP contribution in [0, 0.1) is 0 Å². The fraction of sp³-hybridized carbons (Fsp3) is 0.130. The van der Waals surface area contributed by atoms with Crippen LogP contribution in [-0.2, 0) is 0 Å². The fourth-order valence-electron chi connectivity index (χ4n) is 3.22. The molecule has 0 bridgehead atoms. The lowest BCUT2D eigenvalue weighted by Crippen LogP contribution is -1.98. The molecule has 0 N–H and O–H groups in total. The van der Waals surface area contributed by atoms with Crippen molar-refractivity contribution in [1.82, 2.24) is 0 Å². The zero-order valence-electron chi connectivity index (χ0n) is 13.6. The van der Waals surface area contributed by atoms with Gasteiger partial charge in [0.1, 0.15) is 0 Å². The Balaban J connectivity index is 0.000000136. The quantitative estimate of drug-likeness (QED) is 0.512. The topological polar surface area (TPSA) is 0 Å². The van der Waals surface area contributed by atoms with Crippen molar-refractivity contribution in [2.45, 2.75) is 19.3 Å². The Morgan fingerprint density at radius 1 is 0.478 bits per heavy atom. The van der Waals surface area contributed by atoms with Gasteiger partial charge in [0.15, 0.2) is 0 Å². The summed E-state index contributed by atoms with van der Waals surface area (Å²) in [5, 5.41) is 0. The molecule has 4 rings (SSSR count). The smallest absolute Gasteiger partial charge is 0.00252 e. The average Bonchev–Trinajstić information content (AvgIpc) is 2.87. The maximum atomic E-state index is 4.05. The highest BCUT2D eigenvalue weighted by molar-refractivity contribution is 5.90. The predicted molar refractivity (Wildman–Crippen MR) is 103 cm³/mol. The van der Waals surface area contributed by atoms with Crippen LogP contribution < -0.4 is 0 Å². The summed E-state index contributed by atoms with van der Waals surface area (Å²) in [6, 6.07) is 16.7. The molecule has 2 aliphatic rings. The second-order valence-corrected chi connectivity index (χ2v) is 6.18. The molecule has 0 heteroatoms. The summed E-state index contributed by atoms with van der Waals surface area (Å²) >= 11 is 0. The first kappa shape index (κ1) is 15.3. The number of benzene rings is 2. The molecule has 0 radical (unpaired) electrons. The first-order chi connectivity index (χ1) is 11.1. The standard InChI is InChI=1S/C12H12.C11H10/c1-9-7-8-10(2)12-6-4-3-5-11(9)12;1-8-7-9(2)11-6-4-3-5-10(8)11/h3-6H,1-2,7-8H2;3-6H,1-2,7H2. The summed E-state index contributed by atoms with van der Waals surface area (Å²) in [5.41, 5.74) is 10.0. The maximum absolute atomic E-state index is 4.05. The number of hydrogen-bond donors (Lipinski definition) is 0. The van der Waals surface area contributed by atoms with E-state index in [4.69, 9.17) is 0 Å². The van der Waals surface area contributed by atoms with E-state index in [1.165, 1.54) is 44.5 Å². The van der Waals surface area contributed by atoms with Crippen LogP contribution in [0.3, 0.4) is 0 Å². The molecule has 0 unspecified atom stereocenters. The van der Waals surface area contributed by atoms with Crippen LogP contribution in [0.4, 0.5) is 0 Å². The van der Waals surface area contributed by atoms with Gasteiger partial charge in [-0.05, 0) is 63.8 Å². The number of hydrogen-bond acceptors (Lipinski definition) is 0. The first-order valence-electron chi connectivity index (χ1n) is 7.98. The van der Waals surface area contributed by atoms with Gasteiger partial charge in [0.05, 0.1) is 0 Å². The zero-order valence-corrected chi connectivity index (χ0v) is 13.6. The van der Waals surface area contributed by atoms with Gasteiger partial charge in [-0.2, -0.15) is 0 Å². The van der Waals surface area contributed by atoms with Gasteiger partial charge in [0.25, 0.3) is 0 Å². The minimum atomic E-state index is 0.944. The van der Waals surface area contributed by atoms with E-state index < -0.39 is 0 Å². The molecular weight excluding hydrogens is 276 g/mol. The Hall–Kier alpha value is -2.60. The lowest BCUT2D eigenvalue weighted by Gasteiger charge is -2.19. The van der Waals surface area contributed by atoms with Crippen molar-refractivity contribution in [1.29, 1.82) is 0 Å². The Bertz CT molecular complexity index is 749. The van der Waals surface area contributed by atoms with E-state index in [9.17, 15) is 0 Å². The van der Waals surface area contributed by atoms with Crippen molar-refractivity contribution in [2.75, 3.05) is 0 Å². The van der Waals surface area contributed by atoms with E-state index in [0.29, 0.717) is 0 Å². The largest absolute Gasteiger partial charge is 0.0952 e. The van der Waals surface area contributed by atoms with Crippen LogP contribution in [0.5, 0.6) is 0 Å². The second-order valence-electron chi connectivity index (χ2n) is 6.18. The molecule has 0 saturated carbocycles. The van der Waals surface area contributed by atoms with Crippen molar-refractivity contribution in [2.24, 2.45) is 0 Å². The van der Waals surface area contributed by atoms with Gasteiger partial charge in [-0.25, -0.2) is 0 Å².